The highest BCUT2D eigenvalue weighted by Crippen LogP contribution is 2.22. The summed E-state index contributed by atoms with van der Waals surface area (Å²) in [6, 6.07) is 10.5. The first-order chi connectivity index (χ1) is 14.5. The molecule has 4 rings (SSSR count). The van der Waals surface area contributed by atoms with Crippen molar-refractivity contribution in [3.8, 4) is 0 Å². The summed E-state index contributed by atoms with van der Waals surface area (Å²) in [7, 11) is 0. The zero-order valence-corrected chi connectivity index (χ0v) is 17.9. The molecular formula is C23H25ClN4O2. The summed E-state index contributed by atoms with van der Waals surface area (Å²) in [5.41, 5.74) is 3.62. The number of hydrogen-bond donors (Lipinski definition) is 2. The minimum atomic E-state index is -0.256. The molecule has 0 unspecified atom stereocenters. The van der Waals surface area contributed by atoms with E-state index in [4.69, 9.17) is 11.6 Å². The van der Waals surface area contributed by atoms with Gasteiger partial charge in [-0.05, 0) is 68.1 Å². The third kappa shape index (κ3) is 4.05. The fraction of sp³-hybridized carbons (Fsp3) is 0.348. The van der Waals surface area contributed by atoms with Gasteiger partial charge in [0.1, 0.15) is 5.82 Å². The Bertz CT molecular complexity index is 1100. The molecule has 1 saturated heterocycles. The Morgan fingerprint density at radius 3 is 2.67 bits per heavy atom. The number of halogens is 1. The van der Waals surface area contributed by atoms with Gasteiger partial charge in [-0.1, -0.05) is 18.5 Å². The van der Waals surface area contributed by atoms with Gasteiger partial charge in [0, 0.05) is 29.2 Å². The summed E-state index contributed by atoms with van der Waals surface area (Å²) in [6.07, 6.45) is 2.79. The van der Waals surface area contributed by atoms with Crippen molar-refractivity contribution in [3.05, 3.63) is 63.9 Å². The lowest BCUT2D eigenvalue weighted by atomic mass is 10.0. The largest absolute Gasteiger partial charge is 0.342 e. The molecule has 1 aromatic heterocycles. The summed E-state index contributed by atoms with van der Waals surface area (Å²) in [5.74, 6) is 0.551. The van der Waals surface area contributed by atoms with Gasteiger partial charge in [-0.15, -0.1) is 0 Å². The lowest BCUT2D eigenvalue weighted by Gasteiger charge is -2.18. The van der Waals surface area contributed by atoms with Crippen molar-refractivity contribution in [1.82, 2.24) is 20.2 Å². The van der Waals surface area contributed by atoms with Gasteiger partial charge < -0.3 is 15.2 Å². The van der Waals surface area contributed by atoms with E-state index >= 15 is 0 Å². The Labute approximate surface area is 180 Å². The SMILES string of the molecule is CC[C@H](NC(=O)c1ccc(C(=O)N2CCCC2)cc1C)c1nc2ccc(Cl)cc2[nH]1. The number of aromatic nitrogens is 2. The van der Waals surface area contributed by atoms with Crippen LogP contribution < -0.4 is 5.32 Å². The summed E-state index contributed by atoms with van der Waals surface area (Å²) in [4.78, 5) is 35.3. The van der Waals surface area contributed by atoms with E-state index in [1.54, 1.807) is 24.3 Å². The third-order valence-corrected chi connectivity index (χ3v) is 5.85. The van der Waals surface area contributed by atoms with E-state index in [0.717, 1.165) is 42.5 Å². The van der Waals surface area contributed by atoms with E-state index < -0.39 is 0 Å². The molecule has 1 aliphatic heterocycles. The number of imidazole rings is 1. The maximum atomic E-state index is 12.9. The molecule has 2 aromatic carbocycles. The molecule has 30 heavy (non-hydrogen) atoms. The monoisotopic (exact) mass is 424 g/mol. The van der Waals surface area contributed by atoms with E-state index in [0.29, 0.717) is 28.4 Å². The zero-order valence-electron chi connectivity index (χ0n) is 17.2. The predicted octanol–water partition coefficient (Wildman–Crippen LogP) is 4.64. The standard InChI is InChI=1S/C23H25ClN4O2/c1-3-18(21-25-19-9-7-16(24)13-20(19)26-21)27-22(29)17-8-6-15(12-14(17)2)23(30)28-10-4-5-11-28/h6-9,12-13,18H,3-5,10-11H2,1-2H3,(H,25,26)(H,27,29)/t18-/m0/s1. The van der Waals surface area contributed by atoms with Crippen LogP contribution in [-0.2, 0) is 0 Å². The Morgan fingerprint density at radius 1 is 1.20 bits per heavy atom. The molecule has 6 nitrogen and oxygen atoms in total. The summed E-state index contributed by atoms with van der Waals surface area (Å²) < 4.78 is 0. The minimum absolute atomic E-state index is 0.0370. The van der Waals surface area contributed by atoms with Gasteiger partial charge in [-0.25, -0.2) is 4.98 Å². The third-order valence-electron chi connectivity index (χ3n) is 5.62. The van der Waals surface area contributed by atoms with Crippen molar-refractivity contribution in [2.45, 2.75) is 39.2 Å². The number of nitrogens with zero attached hydrogens (tertiary/aromatic N) is 2. The van der Waals surface area contributed by atoms with E-state index in [1.165, 1.54) is 0 Å². The molecule has 0 bridgehead atoms. The lowest BCUT2D eigenvalue weighted by molar-refractivity contribution is 0.0791. The van der Waals surface area contributed by atoms with Crippen molar-refractivity contribution in [2.75, 3.05) is 13.1 Å². The highest BCUT2D eigenvalue weighted by Gasteiger charge is 2.22. The first kappa shape index (κ1) is 20.4. The topological polar surface area (TPSA) is 78.1 Å². The molecule has 0 spiro atoms. The highest BCUT2D eigenvalue weighted by molar-refractivity contribution is 6.31. The highest BCUT2D eigenvalue weighted by atomic mass is 35.5. The van der Waals surface area contributed by atoms with E-state index in [1.807, 2.05) is 30.9 Å². The fourth-order valence-electron chi connectivity index (χ4n) is 3.92. The van der Waals surface area contributed by atoms with E-state index in [-0.39, 0.29) is 17.9 Å². The molecule has 2 amide bonds. The van der Waals surface area contributed by atoms with Gasteiger partial charge in [0.2, 0.25) is 0 Å². The number of benzene rings is 2. The average Bonchev–Trinajstić information content (AvgIpc) is 3.40. The van der Waals surface area contributed by atoms with Crippen molar-refractivity contribution >= 4 is 34.4 Å². The molecular weight excluding hydrogens is 400 g/mol. The molecule has 0 aliphatic carbocycles. The molecule has 1 aliphatic rings. The molecule has 0 saturated carbocycles. The molecule has 0 radical (unpaired) electrons. The van der Waals surface area contributed by atoms with Crippen LogP contribution in [0.4, 0.5) is 0 Å². The van der Waals surface area contributed by atoms with Gasteiger partial charge in [0.05, 0.1) is 17.1 Å². The minimum Gasteiger partial charge on any atom is -0.342 e. The number of rotatable bonds is 5. The Morgan fingerprint density at radius 2 is 1.97 bits per heavy atom. The summed E-state index contributed by atoms with van der Waals surface area (Å²) in [6.45, 7) is 5.47. The Hall–Kier alpha value is -2.86. The molecule has 1 atom stereocenters. The number of hydrogen-bond acceptors (Lipinski definition) is 3. The maximum absolute atomic E-state index is 12.9. The number of aryl methyl sites for hydroxylation is 1. The van der Waals surface area contributed by atoms with Crippen LogP contribution >= 0.6 is 11.6 Å². The van der Waals surface area contributed by atoms with Crippen LogP contribution in [-0.4, -0.2) is 39.8 Å². The summed E-state index contributed by atoms with van der Waals surface area (Å²) in [5, 5.41) is 3.69. The maximum Gasteiger partial charge on any atom is 0.253 e. The number of aromatic amines is 1. The number of likely N-dealkylation sites (tertiary alicyclic amines) is 1. The molecule has 1 fully saturated rings. The van der Waals surface area contributed by atoms with Gasteiger partial charge in [-0.3, -0.25) is 9.59 Å². The van der Waals surface area contributed by atoms with Crippen LogP contribution in [0.25, 0.3) is 11.0 Å². The summed E-state index contributed by atoms with van der Waals surface area (Å²) >= 11 is 6.06. The quantitative estimate of drug-likeness (QED) is 0.626. The number of H-pyrrole nitrogens is 1. The molecule has 7 heteroatoms. The molecule has 2 heterocycles. The van der Waals surface area contributed by atoms with Crippen molar-refractivity contribution in [1.29, 1.82) is 0 Å². The van der Waals surface area contributed by atoms with Crippen LogP contribution in [0.15, 0.2) is 36.4 Å². The first-order valence-electron chi connectivity index (χ1n) is 10.3. The Kier molecular flexibility index (Phi) is 5.77. The van der Waals surface area contributed by atoms with E-state index in [2.05, 4.69) is 15.3 Å². The van der Waals surface area contributed by atoms with E-state index in [9.17, 15) is 9.59 Å². The Balaban J connectivity index is 1.52. The normalized spacial score (nSPS) is 14.8. The lowest BCUT2D eigenvalue weighted by Crippen LogP contribution is -2.30. The molecule has 2 N–H and O–H groups in total. The number of carbonyl (C=O) groups excluding carboxylic acids is 2. The smallest absolute Gasteiger partial charge is 0.253 e. The fourth-order valence-corrected chi connectivity index (χ4v) is 4.09. The van der Waals surface area contributed by atoms with Crippen LogP contribution in [0.5, 0.6) is 0 Å². The van der Waals surface area contributed by atoms with Crippen LogP contribution in [0.3, 0.4) is 0 Å². The first-order valence-corrected chi connectivity index (χ1v) is 10.7. The number of carbonyl (C=O) groups is 2. The second-order valence-corrected chi connectivity index (χ2v) is 8.18. The van der Waals surface area contributed by atoms with Crippen molar-refractivity contribution in [2.24, 2.45) is 0 Å². The van der Waals surface area contributed by atoms with Gasteiger partial charge in [-0.2, -0.15) is 0 Å². The van der Waals surface area contributed by atoms with Crippen molar-refractivity contribution < 1.29 is 9.59 Å². The average molecular weight is 425 g/mol. The van der Waals surface area contributed by atoms with Gasteiger partial charge in [0.15, 0.2) is 0 Å². The van der Waals surface area contributed by atoms with Gasteiger partial charge >= 0.3 is 0 Å². The number of fused-ring (bicyclic) bond motifs is 1. The molecule has 3 aromatic rings. The van der Waals surface area contributed by atoms with Crippen LogP contribution in [0.2, 0.25) is 5.02 Å². The van der Waals surface area contributed by atoms with Crippen LogP contribution in [0.1, 0.15) is 64.3 Å². The predicted molar refractivity (Wildman–Crippen MR) is 118 cm³/mol. The number of nitrogens with one attached hydrogen (secondary N) is 2. The van der Waals surface area contributed by atoms with Crippen molar-refractivity contribution in [3.63, 3.8) is 0 Å². The molecule has 156 valence electrons. The zero-order chi connectivity index (χ0) is 21.3. The van der Waals surface area contributed by atoms with Gasteiger partial charge in [0.25, 0.3) is 11.8 Å². The second kappa shape index (κ2) is 8.48. The van der Waals surface area contributed by atoms with Crippen LogP contribution in [0, 0.1) is 6.92 Å². The number of amides is 2. The second-order valence-electron chi connectivity index (χ2n) is 7.75.